The number of amides is 1. The van der Waals surface area contributed by atoms with Crippen LogP contribution in [0.15, 0.2) is 40.8 Å². The number of benzene rings is 2. The summed E-state index contributed by atoms with van der Waals surface area (Å²) in [6.07, 6.45) is 0.382. The zero-order valence-corrected chi connectivity index (χ0v) is 15.2. The summed E-state index contributed by atoms with van der Waals surface area (Å²) in [7, 11) is 0. The topological polar surface area (TPSA) is 71.5 Å². The van der Waals surface area contributed by atoms with Crippen molar-refractivity contribution < 1.29 is 13.6 Å². The number of hydrogen-bond donors (Lipinski definition) is 2. The van der Waals surface area contributed by atoms with E-state index >= 15 is 0 Å². The molecule has 2 heterocycles. The lowest BCUT2D eigenvalue weighted by Crippen LogP contribution is -2.43. The number of halogens is 1. The number of piperazine rings is 1. The van der Waals surface area contributed by atoms with E-state index in [1.54, 1.807) is 6.07 Å². The van der Waals surface area contributed by atoms with Crippen molar-refractivity contribution in [3.8, 4) is 0 Å². The Bertz CT molecular complexity index is 1010. The van der Waals surface area contributed by atoms with Crippen molar-refractivity contribution >= 4 is 22.6 Å². The van der Waals surface area contributed by atoms with Crippen molar-refractivity contribution in [3.63, 3.8) is 0 Å². The first-order chi connectivity index (χ1) is 13.0. The first kappa shape index (κ1) is 17.5. The predicted molar refractivity (Wildman–Crippen MR) is 104 cm³/mol. The summed E-state index contributed by atoms with van der Waals surface area (Å²) in [5.41, 5.74) is 9.80. The first-order valence-corrected chi connectivity index (χ1v) is 9.09. The van der Waals surface area contributed by atoms with E-state index in [0.717, 1.165) is 48.4 Å². The van der Waals surface area contributed by atoms with Crippen LogP contribution in [-0.2, 0) is 6.42 Å². The predicted octanol–water partition coefficient (Wildman–Crippen LogP) is 2.98. The summed E-state index contributed by atoms with van der Waals surface area (Å²) in [5.74, 6) is -0.767. The van der Waals surface area contributed by atoms with Gasteiger partial charge in [-0.1, -0.05) is 12.1 Å². The van der Waals surface area contributed by atoms with Crippen LogP contribution < -0.4 is 16.0 Å². The van der Waals surface area contributed by atoms with Gasteiger partial charge in [0.25, 0.3) is 5.91 Å². The number of furan rings is 1. The molecule has 1 aliphatic heterocycles. The van der Waals surface area contributed by atoms with Crippen molar-refractivity contribution in [1.82, 2.24) is 5.32 Å². The van der Waals surface area contributed by atoms with Crippen LogP contribution in [0.5, 0.6) is 0 Å². The number of anilines is 1. The van der Waals surface area contributed by atoms with Gasteiger partial charge in [-0.15, -0.1) is 0 Å². The van der Waals surface area contributed by atoms with Gasteiger partial charge in [-0.3, -0.25) is 4.79 Å². The Morgan fingerprint density at radius 2 is 2.04 bits per heavy atom. The standard InChI is InChI=1S/C21H22FN3O2/c1-13-9-16-17(12-14-3-2-4-15(22)11-14)20(21(23)26)27-19(16)18(10-13)25-7-5-24-6-8-25/h2-4,9-11,24H,5-8,12H2,1H3,(H2,23,26). The number of primary amides is 1. The molecule has 3 N–H and O–H groups in total. The van der Waals surface area contributed by atoms with Crippen LogP contribution in [0.1, 0.15) is 27.2 Å². The number of hydrogen-bond acceptors (Lipinski definition) is 4. The zero-order chi connectivity index (χ0) is 19.0. The Hall–Kier alpha value is -2.86. The number of aryl methyl sites for hydroxylation is 1. The van der Waals surface area contributed by atoms with Gasteiger partial charge in [0.1, 0.15) is 5.82 Å². The average Bonchev–Trinajstić information content (AvgIpc) is 3.00. The normalized spacial score (nSPS) is 14.7. The van der Waals surface area contributed by atoms with Crippen molar-refractivity contribution in [2.24, 2.45) is 5.73 Å². The van der Waals surface area contributed by atoms with Gasteiger partial charge in [0.2, 0.25) is 0 Å². The molecule has 0 atom stereocenters. The van der Waals surface area contributed by atoms with Crippen LogP contribution in [0.2, 0.25) is 0 Å². The lowest BCUT2D eigenvalue weighted by molar-refractivity contribution is 0.0975. The molecular formula is C21H22FN3O2. The number of carbonyl (C=O) groups is 1. The summed E-state index contributed by atoms with van der Waals surface area (Å²) in [5, 5.41) is 4.20. The van der Waals surface area contributed by atoms with E-state index in [9.17, 15) is 9.18 Å². The fourth-order valence-electron chi connectivity index (χ4n) is 3.74. The molecule has 0 spiro atoms. The molecule has 0 radical (unpaired) electrons. The molecular weight excluding hydrogens is 345 g/mol. The van der Waals surface area contributed by atoms with E-state index < -0.39 is 5.91 Å². The minimum Gasteiger partial charge on any atom is -0.448 e. The molecule has 0 unspecified atom stereocenters. The molecule has 27 heavy (non-hydrogen) atoms. The van der Waals surface area contributed by atoms with Gasteiger partial charge >= 0.3 is 0 Å². The van der Waals surface area contributed by atoms with E-state index in [1.165, 1.54) is 12.1 Å². The molecule has 0 saturated carbocycles. The van der Waals surface area contributed by atoms with Gasteiger partial charge in [-0.2, -0.15) is 0 Å². The second-order valence-electron chi connectivity index (χ2n) is 6.98. The molecule has 0 aliphatic carbocycles. The molecule has 3 aromatic rings. The summed E-state index contributed by atoms with van der Waals surface area (Å²) >= 11 is 0. The largest absolute Gasteiger partial charge is 0.448 e. The van der Waals surface area contributed by atoms with Crippen LogP contribution in [0.3, 0.4) is 0 Å². The second-order valence-corrected chi connectivity index (χ2v) is 6.98. The Morgan fingerprint density at radius 1 is 1.26 bits per heavy atom. The third-order valence-electron chi connectivity index (χ3n) is 4.97. The Balaban J connectivity index is 1.87. The number of rotatable bonds is 4. The first-order valence-electron chi connectivity index (χ1n) is 9.09. The van der Waals surface area contributed by atoms with Crippen molar-refractivity contribution in [2.75, 3.05) is 31.1 Å². The molecule has 1 fully saturated rings. The number of nitrogens with two attached hydrogens (primary N) is 1. The Kier molecular flexibility index (Phi) is 4.58. The fraction of sp³-hybridized carbons (Fsp3) is 0.286. The molecule has 1 aromatic heterocycles. The summed E-state index contributed by atoms with van der Waals surface area (Å²) in [6.45, 7) is 5.55. The molecule has 4 rings (SSSR count). The van der Waals surface area contributed by atoms with Crippen molar-refractivity contribution in [1.29, 1.82) is 0 Å². The number of nitrogens with zero attached hydrogens (tertiary/aromatic N) is 1. The van der Waals surface area contributed by atoms with Crippen LogP contribution in [0, 0.1) is 12.7 Å². The third kappa shape index (κ3) is 3.40. The van der Waals surface area contributed by atoms with Crippen LogP contribution in [-0.4, -0.2) is 32.1 Å². The molecule has 5 nitrogen and oxygen atoms in total. The van der Waals surface area contributed by atoms with Crippen LogP contribution in [0.4, 0.5) is 10.1 Å². The van der Waals surface area contributed by atoms with Gasteiger partial charge in [-0.25, -0.2) is 4.39 Å². The minimum absolute atomic E-state index is 0.149. The van der Waals surface area contributed by atoms with Gasteiger partial charge in [0, 0.05) is 43.5 Å². The maximum atomic E-state index is 13.6. The Morgan fingerprint density at radius 3 is 2.74 bits per heavy atom. The summed E-state index contributed by atoms with van der Waals surface area (Å²) in [6, 6.07) is 10.4. The van der Waals surface area contributed by atoms with Crippen molar-refractivity contribution in [2.45, 2.75) is 13.3 Å². The highest BCUT2D eigenvalue weighted by atomic mass is 19.1. The average molecular weight is 367 g/mol. The SMILES string of the molecule is Cc1cc(N2CCNCC2)c2oc(C(N)=O)c(Cc3cccc(F)c3)c2c1. The van der Waals surface area contributed by atoms with Gasteiger partial charge in [0.05, 0.1) is 5.69 Å². The molecule has 0 bridgehead atoms. The summed E-state index contributed by atoms with van der Waals surface area (Å²) in [4.78, 5) is 14.3. The summed E-state index contributed by atoms with van der Waals surface area (Å²) < 4.78 is 19.6. The maximum absolute atomic E-state index is 13.6. The number of carbonyl (C=O) groups excluding carboxylic acids is 1. The smallest absolute Gasteiger partial charge is 0.284 e. The molecule has 140 valence electrons. The zero-order valence-electron chi connectivity index (χ0n) is 15.2. The number of fused-ring (bicyclic) bond motifs is 1. The highest BCUT2D eigenvalue weighted by molar-refractivity contribution is 6.02. The number of nitrogens with one attached hydrogen (secondary N) is 1. The molecule has 2 aromatic carbocycles. The highest BCUT2D eigenvalue weighted by Crippen LogP contribution is 2.36. The molecule has 6 heteroatoms. The third-order valence-corrected chi connectivity index (χ3v) is 4.97. The van der Waals surface area contributed by atoms with Gasteiger partial charge in [-0.05, 0) is 42.3 Å². The minimum atomic E-state index is -0.610. The van der Waals surface area contributed by atoms with Crippen LogP contribution in [0.25, 0.3) is 11.0 Å². The van der Waals surface area contributed by atoms with Gasteiger partial charge < -0.3 is 20.4 Å². The maximum Gasteiger partial charge on any atom is 0.284 e. The monoisotopic (exact) mass is 367 g/mol. The second kappa shape index (κ2) is 7.04. The molecule has 1 saturated heterocycles. The Labute approximate surface area is 156 Å². The van der Waals surface area contributed by atoms with Gasteiger partial charge in [0.15, 0.2) is 11.3 Å². The lowest BCUT2D eigenvalue weighted by Gasteiger charge is -2.29. The van der Waals surface area contributed by atoms with E-state index in [4.69, 9.17) is 10.2 Å². The highest BCUT2D eigenvalue weighted by Gasteiger charge is 2.24. The van der Waals surface area contributed by atoms with E-state index in [2.05, 4.69) is 16.3 Å². The fourth-order valence-corrected chi connectivity index (χ4v) is 3.74. The molecule has 1 amide bonds. The van der Waals surface area contributed by atoms with E-state index in [1.807, 2.05) is 19.1 Å². The van der Waals surface area contributed by atoms with E-state index in [0.29, 0.717) is 17.6 Å². The van der Waals surface area contributed by atoms with Crippen LogP contribution >= 0.6 is 0 Å². The molecule has 1 aliphatic rings. The van der Waals surface area contributed by atoms with Crippen molar-refractivity contribution in [3.05, 3.63) is 64.7 Å². The lowest BCUT2D eigenvalue weighted by atomic mass is 9.99. The van der Waals surface area contributed by atoms with E-state index in [-0.39, 0.29) is 11.6 Å². The quantitative estimate of drug-likeness (QED) is 0.744.